The Balaban J connectivity index is 1.91. The van der Waals surface area contributed by atoms with E-state index in [9.17, 15) is 9.18 Å². The quantitative estimate of drug-likeness (QED) is 0.812. The summed E-state index contributed by atoms with van der Waals surface area (Å²) in [5, 5.41) is 3.24. The summed E-state index contributed by atoms with van der Waals surface area (Å²) >= 11 is 0. The minimum Gasteiger partial charge on any atom is -0.366 e. The van der Waals surface area contributed by atoms with E-state index in [4.69, 9.17) is 5.73 Å². The number of primary amides is 1. The number of rotatable bonds is 6. The molecule has 1 atom stereocenters. The molecule has 0 spiro atoms. The van der Waals surface area contributed by atoms with Crippen molar-refractivity contribution in [3.63, 3.8) is 0 Å². The van der Waals surface area contributed by atoms with Crippen LogP contribution in [0.4, 0.5) is 4.39 Å². The van der Waals surface area contributed by atoms with E-state index in [2.05, 4.69) is 12.2 Å². The molecule has 1 amide bonds. The van der Waals surface area contributed by atoms with E-state index < -0.39 is 5.91 Å². The van der Waals surface area contributed by atoms with Crippen molar-refractivity contribution in [2.24, 2.45) is 17.6 Å². The lowest BCUT2D eigenvalue weighted by molar-refractivity contribution is 0.1000. The molecule has 0 saturated heterocycles. The summed E-state index contributed by atoms with van der Waals surface area (Å²) < 4.78 is 13.5. The molecule has 0 bridgehead atoms. The molecule has 4 heteroatoms. The lowest BCUT2D eigenvalue weighted by atomic mass is 10.1. The van der Waals surface area contributed by atoms with Crippen LogP contribution in [0, 0.1) is 17.7 Å². The van der Waals surface area contributed by atoms with Gasteiger partial charge >= 0.3 is 0 Å². The fraction of sp³-hybridized carbons (Fsp3) is 0.500. The highest BCUT2D eigenvalue weighted by molar-refractivity contribution is 5.92. The minimum atomic E-state index is -0.525. The van der Waals surface area contributed by atoms with Gasteiger partial charge in [-0.2, -0.15) is 0 Å². The van der Waals surface area contributed by atoms with Crippen molar-refractivity contribution in [2.45, 2.75) is 26.3 Å². The van der Waals surface area contributed by atoms with Crippen molar-refractivity contribution in [1.29, 1.82) is 0 Å². The van der Waals surface area contributed by atoms with E-state index in [1.807, 2.05) is 0 Å². The van der Waals surface area contributed by atoms with Crippen molar-refractivity contribution in [2.75, 3.05) is 6.54 Å². The Morgan fingerprint density at radius 2 is 2.28 bits per heavy atom. The van der Waals surface area contributed by atoms with Crippen LogP contribution in [0.15, 0.2) is 18.2 Å². The molecule has 98 valence electrons. The summed E-state index contributed by atoms with van der Waals surface area (Å²) in [6, 6.07) is 4.22. The summed E-state index contributed by atoms with van der Waals surface area (Å²) in [6.07, 6.45) is 2.63. The average Bonchev–Trinajstić information content (AvgIpc) is 3.15. The van der Waals surface area contributed by atoms with Gasteiger partial charge in [-0.3, -0.25) is 4.79 Å². The average molecular weight is 250 g/mol. The Morgan fingerprint density at radius 1 is 1.56 bits per heavy atom. The fourth-order valence-corrected chi connectivity index (χ4v) is 2.13. The third-order valence-corrected chi connectivity index (χ3v) is 3.54. The second-order valence-electron chi connectivity index (χ2n) is 5.12. The van der Waals surface area contributed by atoms with Gasteiger partial charge in [-0.15, -0.1) is 0 Å². The maximum atomic E-state index is 13.5. The van der Waals surface area contributed by atoms with Gasteiger partial charge in [0, 0.05) is 17.7 Å². The Labute approximate surface area is 107 Å². The standard InChI is InChI=1S/C14H19FN2O/c1-9(10-2-3-10)7-17-8-12-6-11(14(16)18)4-5-13(12)15/h4-6,9-10,17H,2-3,7-8H2,1H3,(H2,16,18). The Hall–Kier alpha value is -1.42. The summed E-state index contributed by atoms with van der Waals surface area (Å²) in [5.41, 5.74) is 6.02. The zero-order chi connectivity index (χ0) is 13.1. The highest BCUT2D eigenvalue weighted by Gasteiger charge is 2.27. The minimum absolute atomic E-state index is 0.299. The van der Waals surface area contributed by atoms with Gasteiger partial charge < -0.3 is 11.1 Å². The van der Waals surface area contributed by atoms with Crippen LogP contribution in [0.2, 0.25) is 0 Å². The fourth-order valence-electron chi connectivity index (χ4n) is 2.13. The van der Waals surface area contributed by atoms with Gasteiger partial charge in [0.25, 0.3) is 0 Å². The molecule has 1 saturated carbocycles. The molecule has 0 aromatic heterocycles. The predicted molar refractivity (Wildman–Crippen MR) is 68.5 cm³/mol. The highest BCUT2D eigenvalue weighted by atomic mass is 19.1. The van der Waals surface area contributed by atoms with Gasteiger partial charge in [-0.05, 0) is 49.4 Å². The zero-order valence-corrected chi connectivity index (χ0v) is 10.6. The molecule has 3 N–H and O–H groups in total. The number of hydrogen-bond donors (Lipinski definition) is 2. The van der Waals surface area contributed by atoms with Crippen LogP contribution in [-0.2, 0) is 6.54 Å². The molecule has 1 aliphatic rings. The molecular weight excluding hydrogens is 231 g/mol. The van der Waals surface area contributed by atoms with Crippen LogP contribution < -0.4 is 11.1 Å². The first kappa shape index (κ1) is 13.0. The molecule has 1 aliphatic carbocycles. The molecule has 0 heterocycles. The van der Waals surface area contributed by atoms with Gasteiger partial charge in [0.1, 0.15) is 5.82 Å². The summed E-state index contributed by atoms with van der Waals surface area (Å²) in [6.45, 7) is 3.52. The summed E-state index contributed by atoms with van der Waals surface area (Å²) in [5.74, 6) is 0.640. The molecule has 3 nitrogen and oxygen atoms in total. The SMILES string of the molecule is CC(CNCc1cc(C(N)=O)ccc1F)C1CC1. The van der Waals surface area contributed by atoms with E-state index in [0.29, 0.717) is 23.6 Å². The van der Waals surface area contributed by atoms with Crippen molar-refractivity contribution < 1.29 is 9.18 Å². The first-order valence-electron chi connectivity index (χ1n) is 6.37. The number of hydrogen-bond acceptors (Lipinski definition) is 2. The number of carbonyl (C=O) groups excluding carboxylic acids is 1. The van der Waals surface area contributed by atoms with E-state index in [-0.39, 0.29) is 5.82 Å². The third kappa shape index (κ3) is 3.29. The number of nitrogens with one attached hydrogen (secondary N) is 1. The van der Waals surface area contributed by atoms with Gasteiger partial charge in [-0.25, -0.2) is 4.39 Å². The van der Waals surface area contributed by atoms with Crippen molar-refractivity contribution in [1.82, 2.24) is 5.32 Å². The van der Waals surface area contributed by atoms with Gasteiger partial charge in [-0.1, -0.05) is 6.92 Å². The molecule has 0 aliphatic heterocycles. The smallest absolute Gasteiger partial charge is 0.248 e. The predicted octanol–water partition coefficient (Wildman–Crippen LogP) is 2.06. The van der Waals surface area contributed by atoms with Gasteiger partial charge in [0.15, 0.2) is 0 Å². The van der Waals surface area contributed by atoms with Crippen LogP contribution >= 0.6 is 0 Å². The second kappa shape index (κ2) is 5.48. The molecule has 1 aromatic carbocycles. The molecular formula is C14H19FN2O. The van der Waals surface area contributed by atoms with Crippen LogP contribution in [0.5, 0.6) is 0 Å². The van der Waals surface area contributed by atoms with Crippen molar-refractivity contribution >= 4 is 5.91 Å². The zero-order valence-electron chi connectivity index (χ0n) is 10.6. The van der Waals surface area contributed by atoms with E-state index >= 15 is 0 Å². The largest absolute Gasteiger partial charge is 0.366 e. The lowest BCUT2D eigenvalue weighted by Gasteiger charge is -2.12. The first-order valence-corrected chi connectivity index (χ1v) is 6.37. The summed E-state index contributed by atoms with van der Waals surface area (Å²) in [4.78, 5) is 11.0. The van der Waals surface area contributed by atoms with Gasteiger partial charge in [0.2, 0.25) is 5.91 Å². The van der Waals surface area contributed by atoms with Crippen molar-refractivity contribution in [3.8, 4) is 0 Å². The van der Waals surface area contributed by atoms with Crippen molar-refractivity contribution in [3.05, 3.63) is 35.1 Å². The van der Waals surface area contributed by atoms with Crippen LogP contribution in [0.3, 0.4) is 0 Å². The third-order valence-electron chi connectivity index (χ3n) is 3.54. The Bertz CT molecular complexity index is 443. The number of nitrogens with two attached hydrogens (primary N) is 1. The van der Waals surface area contributed by atoms with E-state index in [1.165, 1.54) is 31.0 Å². The maximum Gasteiger partial charge on any atom is 0.248 e. The number of halogens is 1. The van der Waals surface area contributed by atoms with E-state index in [1.54, 1.807) is 0 Å². The monoisotopic (exact) mass is 250 g/mol. The molecule has 1 fully saturated rings. The van der Waals surface area contributed by atoms with Crippen LogP contribution in [0.25, 0.3) is 0 Å². The molecule has 18 heavy (non-hydrogen) atoms. The van der Waals surface area contributed by atoms with Crippen LogP contribution in [-0.4, -0.2) is 12.5 Å². The Morgan fingerprint density at radius 3 is 2.89 bits per heavy atom. The highest BCUT2D eigenvalue weighted by Crippen LogP contribution is 2.36. The molecule has 1 aromatic rings. The second-order valence-corrected chi connectivity index (χ2v) is 5.12. The molecule has 1 unspecified atom stereocenters. The normalized spacial score (nSPS) is 16.6. The molecule has 2 rings (SSSR count). The van der Waals surface area contributed by atoms with Crippen LogP contribution in [0.1, 0.15) is 35.7 Å². The molecule has 0 radical (unpaired) electrons. The topological polar surface area (TPSA) is 55.1 Å². The number of benzene rings is 1. The number of amides is 1. The number of carbonyl (C=O) groups is 1. The van der Waals surface area contributed by atoms with E-state index in [0.717, 1.165) is 12.5 Å². The first-order chi connectivity index (χ1) is 8.58. The maximum absolute atomic E-state index is 13.5. The van der Waals surface area contributed by atoms with Gasteiger partial charge in [0.05, 0.1) is 0 Å². The Kier molecular flexibility index (Phi) is 3.97. The lowest BCUT2D eigenvalue weighted by Crippen LogP contribution is -2.22. The summed E-state index contributed by atoms with van der Waals surface area (Å²) in [7, 11) is 0.